The van der Waals surface area contributed by atoms with Gasteiger partial charge >= 0.3 is 0 Å². The second kappa shape index (κ2) is 8.70. The molecule has 0 spiro atoms. The van der Waals surface area contributed by atoms with E-state index in [9.17, 15) is 9.90 Å². The van der Waals surface area contributed by atoms with Crippen LogP contribution < -0.4 is 5.32 Å². The zero-order chi connectivity index (χ0) is 20.3. The minimum atomic E-state index is -0.600. The van der Waals surface area contributed by atoms with Crippen LogP contribution in [0, 0.1) is 0 Å². The quantitative estimate of drug-likeness (QED) is 0.658. The molecule has 0 aromatic heterocycles. The first-order valence-corrected chi connectivity index (χ1v) is 9.86. The maximum absolute atomic E-state index is 12.2. The molecular formula is C21H23Cl2NO4. The van der Waals surface area contributed by atoms with E-state index in [4.69, 9.17) is 33.0 Å². The third-order valence-electron chi connectivity index (χ3n) is 4.94. The van der Waals surface area contributed by atoms with Crippen LogP contribution in [0.4, 0.5) is 0 Å². The fourth-order valence-electron chi connectivity index (χ4n) is 3.67. The van der Waals surface area contributed by atoms with Gasteiger partial charge in [0.1, 0.15) is 5.75 Å². The molecule has 3 rings (SSSR count). The van der Waals surface area contributed by atoms with Gasteiger partial charge in [0.05, 0.1) is 18.8 Å². The largest absolute Gasteiger partial charge is 0.508 e. The van der Waals surface area contributed by atoms with Gasteiger partial charge in [0, 0.05) is 40.4 Å². The summed E-state index contributed by atoms with van der Waals surface area (Å²) in [5.74, 6) is -0.143. The number of phenols is 1. The third-order valence-corrected chi connectivity index (χ3v) is 5.41. The number of carbonyl (C=O) groups is 1. The lowest BCUT2D eigenvalue weighted by Gasteiger charge is -2.43. The molecule has 1 aliphatic heterocycles. The van der Waals surface area contributed by atoms with Gasteiger partial charge in [-0.25, -0.2) is 0 Å². The molecule has 0 saturated carbocycles. The monoisotopic (exact) mass is 423 g/mol. The van der Waals surface area contributed by atoms with Gasteiger partial charge in [-0.15, -0.1) is 0 Å². The van der Waals surface area contributed by atoms with Crippen LogP contribution in [0.3, 0.4) is 0 Å². The molecule has 2 aromatic rings. The normalized spacial score (nSPS) is 24.7. The Morgan fingerprint density at radius 1 is 1.18 bits per heavy atom. The predicted octanol–water partition coefficient (Wildman–Crippen LogP) is 4.55. The van der Waals surface area contributed by atoms with Crippen molar-refractivity contribution in [2.45, 2.75) is 43.9 Å². The molecule has 1 heterocycles. The van der Waals surface area contributed by atoms with Crippen LogP contribution >= 0.6 is 23.2 Å². The second-order valence-corrected chi connectivity index (χ2v) is 8.24. The summed E-state index contributed by atoms with van der Waals surface area (Å²) in [6.07, 6.45) is 0.203. The Labute approximate surface area is 174 Å². The van der Waals surface area contributed by atoms with Crippen LogP contribution in [-0.4, -0.2) is 28.3 Å². The van der Waals surface area contributed by atoms with E-state index in [0.717, 1.165) is 5.56 Å². The predicted molar refractivity (Wildman–Crippen MR) is 109 cm³/mol. The highest BCUT2D eigenvalue weighted by atomic mass is 35.5. The SMILES string of the molecule is C[C@]1(NC(=O)CCO)C[C@@H](c2cccc(Cl)c2)O[C@@H](c2cc(Cl)ccc2O)C1. The standard InChI is InChI=1S/C21H23Cl2NO4/c1-21(24-20(27)7-8-25)11-18(13-3-2-4-14(22)9-13)28-19(12-21)16-10-15(23)5-6-17(16)26/h2-6,9-10,18-19,25-26H,7-8,11-12H2,1H3,(H,24,27)/t18-,19+,21-/m0/s1. The smallest absolute Gasteiger partial charge is 0.222 e. The molecule has 3 atom stereocenters. The molecule has 28 heavy (non-hydrogen) atoms. The van der Waals surface area contributed by atoms with Crippen LogP contribution in [0.5, 0.6) is 5.75 Å². The van der Waals surface area contributed by atoms with Crippen molar-refractivity contribution < 1.29 is 19.7 Å². The zero-order valence-electron chi connectivity index (χ0n) is 15.5. The van der Waals surface area contributed by atoms with E-state index in [-0.39, 0.29) is 30.8 Å². The van der Waals surface area contributed by atoms with Crippen LogP contribution in [0.2, 0.25) is 10.0 Å². The highest BCUT2D eigenvalue weighted by Crippen LogP contribution is 2.46. The highest BCUT2D eigenvalue weighted by molar-refractivity contribution is 6.30. The minimum absolute atomic E-state index is 0.0331. The molecule has 1 amide bonds. The molecular weight excluding hydrogens is 401 g/mol. The number of aliphatic hydroxyl groups excluding tert-OH is 1. The average Bonchev–Trinajstić information content (AvgIpc) is 2.63. The van der Waals surface area contributed by atoms with Crippen molar-refractivity contribution in [3.8, 4) is 5.75 Å². The van der Waals surface area contributed by atoms with Crippen molar-refractivity contribution in [3.05, 3.63) is 63.6 Å². The number of rotatable bonds is 5. The van der Waals surface area contributed by atoms with Crippen LogP contribution in [0.25, 0.3) is 0 Å². The molecule has 150 valence electrons. The van der Waals surface area contributed by atoms with E-state index in [1.807, 2.05) is 25.1 Å². The number of ether oxygens (including phenoxy) is 1. The lowest BCUT2D eigenvalue weighted by atomic mass is 9.81. The summed E-state index contributed by atoms with van der Waals surface area (Å²) < 4.78 is 6.31. The molecule has 0 radical (unpaired) electrons. The number of benzene rings is 2. The fourth-order valence-corrected chi connectivity index (χ4v) is 4.05. The number of amides is 1. The summed E-state index contributed by atoms with van der Waals surface area (Å²) in [6, 6.07) is 12.2. The maximum atomic E-state index is 12.2. The van der Waals surface area contributed by atoms with Crippen LogP contribution in [0.15, 0.2) is 42.5 Å². The van der Waals surface area contributed by atoms with E-state index in [0.29, 0.717) is 28.5 Å². The number of hydrogen-bond donors (Lipinski definition) is 3. The van der Waals surface area contributed by atoms with Crippen molar-refractivity contribution >= 4 is 29.1 Å². The fraction of sp³-hybridized carbons (Fsp3) is 0.381. The Morgan fingerprint density at radius 2 is 1.89 bits per heavy atom. The highest BCUT2D eigenvalue weighted by Gasteiger charge is 2.41. The number of halogens is 2. The van der Waals surface area contributed by atoms with E-state index in [1.54, 1.807) is 18.2 Å². The minimum Gasteiger partial charge on any atom is -0.508 e. The maximum Gasteiger partial charge on any atom is 0.222 e. The summed E-state index contributed by atoms with van der Waals surface area (Å²) in [6.45, 7) is 1.73. The number of phenolic OH excluding ortho intramolecular Hbond substituents is 1. The Kier molecular flexibility index (Phi) is 6.50. The van der Waals surface area contributed by atoms with Crippen molar-refractivity contribution in [1.29, 1.82) is 0 Å². The first-order valence-electron chi connectivity index (χ1n) is 9.11. The lowest BCUT2D eigenvalue weighted by Crippen LogP contribution is -2.51. The van der Waals surface area contributed by atoms with Crippen molar-refractivity contribution in [3.63, 3.8) is 0 Å². The van der Waals surface area contributed by atoms with Gasteiger partial charge in [-0.3, -0.25) is 4.79 Å². The zero-order valence-corrected chi connectivity index (χ0v) is 17.0. The third kappa shape index (κ3) is 4.97. The number of hydrogen-bond acceptors (Lipinski definition) is 4. The van der Waals surface area contributed by atoms with Gasteiger partial charge in [-0.1, -0.05) is 35.3 Å². The number of nitrogens with one attached hydrogen (secondary N) is 1. The first kappa shape index (κ1) is 20.9. The van der Waals surface area contributed by atoms with Gasteiger partial charge in [-0.05, 0) is 42.8 Å². The summed E-state index contributed by atoms with van der Waals surface area (Å²) >= 11 is 12.3. The molecule has 7 heteroatoms. The molecule has 2 aromatic carbocycles. The molecule has 5 nitrogen and oxygen atoms in total. The molecule has 1 fully saturated rings. The van der Waals surface area contributed by atoms with E-state index in [1.165, 1.54) is 6.07 Å². The molecule has 1 saturated heterocycles. The summed E-state index contributed by atoms with van der Waals surface area (Å²) in [4.78, 5) is 12.2. The van der Waals surface area contributed by atoms with Gasteiger partial charge in [-0.2, -0.15) is 0 Å². The topological polar surface area (TPSA) is 78.8 Å². The number of aromatic hydroxyl groups is 1. The van der Waals surface area contributed by atoms with Crippen molar-refractivity contribution in [2.24, 2.45) is 0 Å². The van der Waals surface area contributed by atoms with Gasteiger partial charge in [0.15, 0.2) is 0 Å². The molecule has 0 unspecified atom stereocenters. The van der Waals surface area contributed by atoms with E-state index < -0.39 is 11.6 Å². The Hall–Kier alpha value is -1.79. The Bertz CT molecular complexity index is 860. The summed E-state index contributed by atoms with van der Waals surface area (Å²) in [5, 5.41) is 23.5. The molecule has 0 aliphatic carbocycles. The van der Waals surface area contributed by atoms with Crippen LogP contribution in [-0.2, 0) is 9.53 Å². The second-order valence-electron chi connectivity index (χ2n) is 7.36. The van der Waals surface area contributed by atoms with Gasteiger partial charge in [0.2, 0.25) is 5.91 Å². The Morgan fingerprint density at radius 3 is 2.61 bits per heavy atom. The molecule has 3 N–H and O–H groups in total. The van der Waals surface area contributed by atoms with Crippen molar-refractivity contribution in [1.82, 2.24) is 5.32 Å². The number of carbonyl (C=O) groups excluding carboxylic acids is 1. The molecule has 0 bridgehead atoms. The lowest BCUT2D eigenvalue weighted by molar-refractivity contribution is -0.129. The van der Waals surface area contributed by atoms with E-state index in [2.05, 4.69) is 5.32 Å². The van der Waals surface area contributed by atoms with E-state index >= 15 is 0 Å². The average molecular weight is 424 g/mol. The van der Waals surface area contributed by atoms with Crippen LogP contribution in [0.1, 0.15) is 49.5 Å². The summed E-state index contributed by atoms with van der Waals surface area (Å²) in [7, 11) is 0. The van der Waals surface area contributed by atoms with Crippen molar-refractivity contribution in [2.75, 3.05) is 6.61 Å². The number of aliphatic hydroxyl groups is 1. The first-order chi connectivity index (χ1) is 13.3. The van der Waals surface area contributed by atoms with Gasteiger partial charge < -0.3 is 20.3 Å². The molecule has 1 aliphatic rings. The summed E-state index contributed by atoms with van der Waals surface area (Å²) in [5.41, 5.74) is 0.861. The van der Waals surface area contributed by atoms with Gasteiger partial charge in [0.25, 0.3) is 0 Å². The Balaban J connectivity index is 1.95.